The van der Waals surface area contributed by atoms with Crippen LogP contribution in [0.2, 0.25) is 5.02 Å². The molecule has 1 N–H and O–H groups in total. The van der Waals surface area contributed by atoms with Crippen LogP contribution in [0.3, 0.4) is 0 Å². The van der Waals surface area contributed by atoms with Crippen molar-refractivity contribution in [2.24, 2.45) is 0 Å². The van der Waals surface area contributed by atoms with Gasteiger partial charge in [0.25, 0.3) is 0 Å². The fourth-order valence-electron chi connectivity index (χ4n) is 3.13. The van der Waals surface area contributed by atoms with E-state index in [1.165, 1.54) is 31.4 Å². The minimum atomic E-state index is -0.271. The second-order valence-electron chi connectivity index (χ2n) is 5.98. The highest BCUT2D eigenvalue weighted by Crippen LogP contribution is 2.28. The van der Waals surface area contributed by atoms with Crippen LogP contribution in [0.25, 0.3) is 0 Å². The molecule has 118 valence electrons. The van der Waals surface area contributed by atoms with Gasteiger partial charge in [-0.2, -0.15) is 0 Å². The van der Waals surface area contributed by atoms with Gasteiger partial charge < -0.3 is 5.32 Å². The average molecular weight is 313 g/mol. The highest BCUT2D eigenvalue weighted by molar-refractivity contribution is 6.31. The Bertz CT molecular complexity index is 446. The molecule has 4 heteroatoms. The number of hydrogen-bond donors (Lipinski definition) is 1. The summed E-state index contributed by atoms with van der Waals surface area (Å²) < 4.78 is 13.2. The first kappa shape index (κ1) is 16.7. The quantitative estimate of drug-likeness (QED) is 0.838. The molecule has 1 aliphatic heterocycles. The Morgan fingerprint density at radius 1 is 1.43 bits per heavy atom. The summed E-state index contributed by atoms with van der Waals surface area (Å²) in [5, 5.41) is 4.13. The molecule has 1 saturated heterocycles. The van der Waals surface area contributed by atoms with Crippen molar-refractivity contribution in [3.8, 4) is 0 Å². The number of nitrogens with one attached hydrogen (secondary N) is 1. The number of piperidine rings is 1. The maximum Gasteiger partial charge on any atom is 0.124 e. The van der Waals surface area contributed by atoms with E-state index in [-0.39, 0.29) is 11.9 Å². The van der Waals surface area contributed by atoms with Gasteiger partial charge in [0, 0.05) is 23.7 Å². The number of nitrogens with zero attached hydrogens (tertiary/aromatic N) is 1. The molecule has 2 rings (SSSR count). The number of hydrogen-bond acceptors (Lipinski definition) is 2. The van der Waals surface area contributed by atoms with Crippen molar-refractivity contribution >= 4 is 11.6 Å². The van der Waals surface area contributed by atoms with E-state index in [1.54, 1.807) is 0 Å². The van der Waals surface area contributed by atoms with Gasteiger partial charge in [-0.25, -0.2) is 4.39 Å². The van der Waals surface area contributed by atoms with Crippen molar-refractivity contribution in [3.63, 3.8) is 0 Å². The second kappa shape index (κ2) is 8.11. The lowest BCUT2D eigenvalue weighted by atomic mass is 10.0. The lowest BCUT2D eigenvalue weighted by molar-refractivity contribution is 0.176. The summed E-state index contributed by atoms with van der Waals surface area (Å²) in [5.74, 6) is -0.271. The van der Waals surface area contributed by atoms with E-state index in [0.29, 0.717) is 11.1 Å². The molecule has 2 unspecified atom stereocenters. The topological polar surface area (TPSA) is 15.3 Å². The van der Waals surface area contributed by atoms with Crippen LogP contribution in [0.4, 0.5) is 4.39 Å². The molecule has 2 atom stereocenters. The zero-order valence-electron chi connectivity index (χ0n) is 13.0. The van der Waals surface area contributed by atoms with Crippen LogP contribution >= 0.6 is 11.6 Å². The van der Waals surface area contributed by atoms with Gasteiger partial charge in [-0.1, -0.05) is 31.0 Å². The molecular formula is C17H26ClFN2. The molecule has 1 aromatic rings. The third-order valence-corrected chi connectivity index (χ3v) is 4.67. The Kier molecular flexibility index (Phi) is 6.46. The molecule has 0 spiro atoms. The number of halogens is 2. The SMILES string of the molecule is CCCN(CC1CCCCN1)C(C)c1ccc(F)cc1Cl. The van der Waals surface area contributed by atoms with Gasteiger partial charge in [-0.3, -0.25) is 4.90 Å². The standard InChI is InChI=1S/C17H26ClFN2/c1-3-10-21(12-15-6-4-5-9-20-15)13(2)16-8-7-14(19)11-17(16)18/h7-8,11,13,15,20H,3-6,9-10,12H2,1-2H3. The Balaban J connectivity index is 2.08. The lowest BCUT2D eigenvalue weighted by Gasteiger charge is -2.35. The number of rotatable bonds is 6. The van der Waals surface area contributed by atoms with Crippen molar-refractivity contribution in [1.82, 2.24) is 10.2 Å². The largest absolute Gasteiger partial charge is 0.313 e. The van der Waals surface area contributed by atoms with Gasteiger partial charge in [-0.15, -0.1) is 0 Å². The van der Waals surface area contributed by atoms with E-state index in [0.717, 1.165) is 31.6 Å². The van der Waals surface area contributed by atoms with E-state index >= 15 is 0 Å². The molecule has 0 saturated carbocycles. The van der Waals surface area contributed by atoms with Crippen LogP contribution in [-0.4, -0.2) is 30.6 Å². The molecule has 0 bridgehead atoms. The fraction of sp³-hybridized carbons (Fsp3) is 0.647. The van der Waals surface area contributed by atoms with Crippen LogP contribution < -0.4 is 5.32 Å². The molecule has 1 aromatic carbocycles. The maximum atomic E-state index is 13.2. The van der Waals surface area contributed by atoms with Crippen molar-refractivity contribution < 1.29 is 4.39 Å². The summed E-state index contributed by atoms with van der Waals surface area (Å²) in [6.45, 7) is 7.55. The maximum absolute atomic E-state index is 13.2. The third kappa shape index (κ3) is 4.67. The Hall–Kier alpha value is -0.640. The van der Waals surface area contributed by atoms with Crippen molar-refractivity contribution in [2.45, 2.75) is 51.6 Å². The monoisotopic (exact) mass is 312 g/mol. The first-order chi connectivity index (χ1) is 10.1. The molecule has 1 heterocycles. The Labute approximate surface area is 132 Å². The zero-order valence-corrected chi connectivity index (χ0v) is 13.8. The van der Waals surface area contributed by atoms with Gasteiger partial charge in [-0.05, 0) is 57.0 Å². The first-order valence-electron chi connectivity index (χ1n) is 8.04. The van der Waals surface area contributed by atoms with Gasteiger partial charge in [0.2, 0.25) is 0 Å². The van der Waals surface area contributed by atoms with Crippen LogP contribution in [0.15, 0.2) is 18.2 Å². The van der Waals surface area contributed by atoms with Crippen molar-refractivity contribution in [3.05, 3.63) is 34.6 Å². The van der Waals surface area contributed by atoms with Crippen LogP contribution in [-0.2, 0) is 0 Å². The van der Waals surface area contributed by atoms with Crippen LogP contribution in [0.1, 0.15) is 51.1 Å². The van der Waals surface area contributed by atoms with E-state index in [2.05, 4.69) is 24.1 Å². The van der Waals surface area contributed by atoms with Crippen LogP contribution in [0, 0.1) is 5.82 Å². The highest BCUT2D eigenvalue weighted by Gasteiger charge is 2.22. The molecule has 1 aliphatic rings. The fourth-order valence-corrected chi connectivity index (χ4v) is 3.46. The normalized spacial score (nSPS) is 20.7. The van der Waals surface area contributed by atoms with E-state index in [1.807, 2.05) is 6.07 Å². The minimum absolute atomic E-state index is 0.210. The average Bonchev–Trinajstić information content (AvgIpc) is 2.47. The lowest BCUT2D eigenvalue weighted by Crippen LogP contribution is -2.44. The predicted octanol–water partition coefficient (Wildman–Crippen LogP) is 4.39. The summed E-state index contributed by atoms with van der Waals surface area (Å²) in [6.07, 6.45) is 4.94. The molecule has 21 heavy (non-hydrogen) atoms. The molecule has 0 aromatic heterocycles. The van der Waals surface area contributed by atoms with E-state index < -0.39 is 0 Å². The second-order valence-corrected chi connectivity index (χ2v) is 6.39. The van der Waals surface area contributed by atoms with E-state index in [9.17, 15) is 4.39 Å². The predicted molar refractivity (Wildman–Crippen MR) is 87.3 cm³/mol. The van der Waals surface area contributed by atoms with Crippen molar-refractivity contribution in [1.29, 1.82) is 0 Å². The van der Waals surface area contributed by atoms with Gasteiger partial charge in [0.05, 0.1) is 0 Å². The summed E-state index contributed by atoms with van der Waals surface area (Å²) >= 11 is 6.23. The summed E-state index contributed by atoms with van der Waals surface area (Å²) in [5.41, 5.74) is 1.02. The molecular weight excluding hydrogens is 287 g/mol. The molecule has 0 amide bonds. The van der Waals surface area contributed by atoms with Gasteiger partial charge >= 0.3 is 0 Å². The smallest absolute Gasteiger partial charge is 0.124 e. The summed E-state index contributed by atoms with van der Waals surface area (Å²) in [6, 6.07) is 5.50. The van der Waals surface area contributed by atoms with Crippen molar-refractivity contribution in [2.75, 3.05) is 19.6 Å². The van der Waals surface area contributed by atoms with Gasteiger partial charge in [0.15, 0.2) is 0 Å². The number of benzene rings is 1. The van der Waals surface area contributed by atoms with Gasteiger partial charge in [0.1, 0.15) is 5.82 Å². The third-order valence-electron chi connectivity index (χ3n) is 4.34. The Morgan fingerprint density at radius 3 is 2.86 bits per heavy atom. The van der Waals surface area contributed by atoms with Crippen LogP contribution in [0.5, 0.6) is 0 Å². The highest BCUT2D eigenvalue weighted by atomic mass is 35.5. The summed E-state index contributed by atoms with van der Waals surface area (Å²) in [7, 11) is 0. The molecule has 1 fully saturated rings. The molecule has 2 nitrogen and oxygen atoms in total. The summed E-state index contributed by atoms with van der Waals surface area (Å²) in [4.78, 5) is 2.46. The first-order valence-corrected chi connectivity index (χ1v) is 8.42. The van der Waals surface area contributed by atoms with E-state index in [4.69, 9.17) is 11.6 Å². The molecule has 0 aliphatic carbocycles. The minimum Gasteiger partial charge on any atom is -0.313 e. The Morgan fingerprint density at radius 2 is 2.24 bits per heavy atom. The molecule has 0 radical (unpaired) electrons. The zero-order chi connectivity index (χ0) is 15.2.